The molecular weight excluding hydrogens is 272 g/mol. The number of aliphatic imine (C=N–C) groups is 1. The fourth-order valence-corrected chi connectivity index (χ4v) is 1.72. The number of guanidine groups is 1. The number of nitrogens with one attached hydrogen (secondary N) is 1. The van der Waals surface area contributed by atoms with Gasteiger partial charge in [-0.3, -0.25) is 10.1 Å². The predicted octanol–water partition coefficient (Wildman–Crippen LogP) is 2.05. The lowest BCUT2D eigenvalue weighted by Crippen LogP contribution is -2.32. The zero-order valence-corrected chi connectivity index (χ0v) is 12.6. The SMILES string of the molecule is COc1ccc([N+](=O)[O-])cc1CN=C(N)NCCC(C)C. The maximum Gasteiger partial charge on any atom is 0.270 e. The van der Waals surface area contributed by atoms with Gasteiger partial charge in [0.2, 0.25) is 0 Å². The summed E-state index contributed by atoms with van der Waals surface area (Å²) in [6.07, 6.45) is 0.996. The summed E-state index contributed by atoms with van der Waals surface area (Å²) < 4.78 is 5.17. The minimum atomic E-state index is -0.448. The molecule has 0 heterocycles. The van der Waals surface area contributed by atoms with E-state index in [9.17, 15) is 10.1 Å². The van der Waals surface area contributed by atoms with Crippen LogP contribution in [-0.2, 0) is 6.54 Å². The highest BCUT2D eigenvalue weighted by molar-refractivity contribution is 5.77. The number of benzene rings is 1. The predicted molar refractivity (Wildman–Crippen MR) is 82.4 cm³/mol. The minimum Gasteiger partial charge on any atom is -0.496 e. The maximum absolute atomic E-state index is 10.8. The summed E-state index contributed by atoms with van der Waals surface area (Å²) in [6, 6.07) is 4.41. The second kappa shape index (κ2) is 8.08. The van der Waals surface area contributed by atoms with Crippen LogP contribution in [-0.4, -0.2) is 24.5 Å². The summed E-state index contributed by atoms with van der Waals surface area (Å²) in [5, 5.41) is 13.8. The van der Waals surface area contributed by atoms with E-state index in [1.54, 1.807) is 6.07 Å². The van der Waals surface area contributed by atoms with Gasteiger partial charge in [0.1, 0.15) is 5.75 Å². The lowest BCUT2D eigenvalue weighted by Gasteiger charge is -2.09. The minimum absolute atomic E-state index is 0.00679. The first kappa shape index (κ1) is 16.7. The molecule has 0 aliphatic carbocycles. The van der Waals surface area contributed by atoms with Crippen molar-refractivity contribution in [3.05, 3.63) is 33.9 Å². The number of nitro benzene ring substituents is 1. The van der Waals surface area contributed by atoms with Gasteiger partial charge < -0.3 is 15.8 Å². The Labute approximate surface area is 124 Å². The van der Waals surface area contributed by atoms with Crippen LogP contribution in [0, 0.1) is 16.0 Å². The molecule has 0 radical (unpaired) electrons. The average molecular weight is 294 g/mol. The Bertz CT molecular complexity index is 515. The van der Waals surface area contributed by atoms with Gasteiger partial charge in [-0.15, -0.1) is 0 Å². The van der Waals surface area contributed by atoms with Gasteiger partial charge in [0.25, 0.3) is 5.69 Å². The van der Waals surface area contributed by atoms with Gasteiger partial charge in [-0.2, -0.15) is 0 Å². The lowest BCUT2D eigenvalue weighted by atomic mass is 10.1. The molecule has 0 atom stereocenters. The van der Waals surface area contributed by atoms with Crippen LogP contribution in [0.5, 0.6) is 5.75 Å². The van der Waals surface area contributed by atoms with E-state index in [2.05, 4.69) is 24.2 Å². The number of non-ortho nitro benzene ring substituents is 1. The normalized spacial score (nSPS) is 11.5. The Morgan fingerprint density at radius 3 is 2.81 bits per heavy atom. The fourth-order valence-electron chi connectivity index (χ4n) is 1.72. The molecule has 1 aromatic carbocycles. The molecule has 0 saturated heterocycles. The first-order chi connectivity index (χ1) is 9.93. The van der Waals surface area contributed by atoms with Crippen molar-refractivity contribution >= 4 is 11.6 Å². The third-order valence-electron chi connectivity index (χ3n) is 2.92. The second-order valence-corrected chi connectivity index (χ2v) is 5.06. The van der Waals surface area contributed by atoms with Gasteiger partial charge in [0, 0.05) is 24.2 Å². The monoisotopic (exact) mass is 294 g/mol. The van der Waals surface area contributed by atoms with Crippen LogP contribution in [0.4, 0.5) is 5.69 Å². The van der Waals surface area contributed by atoms with Crippen molar-refractivity contribution in [2.24, 2.45) is 16.6 Å². The molecule has 0 bridgehead atoms. The summed E-state index contributed by atoms with van der Waals surface area (Å²) in [7, 11) is 1.51. The quantitative estimate of drug-likeness (QED) is 0.347. The first-order valence-corrected chi connectivity index (χ1v) is 6.79. The van der Waals surface area contributed by atoms with Crippen LogP contribution in [0.1, 0.15) is 25.8 Å². The Morgan fingerprint density at radius 2 is 2.24 bits per heavy atom. The highest BCUT2D eigenvalue weighted by Gasteiger charge is 2.11. The molecule has 0 spiro atoms. The van der Waals surface area contributed by atoms with Gasteiger partial charge in [-0.05, 0) is 18.4 Å². The van der Waals surface area contributed by atoms with Crippen LogP contribution in [0.15, 0.2) is 23.2 Å². The largest absolute Gasteiger partial charge is 0.496 e. The summed E-state index contributed by atoms with van der Waals surface area (Å²) in [5.74, 6) is 1.46. The molecule has 0 saturated carbocycles. The highest BCUT2D eigenvalue weighted by atomic mass is 16.6. The zero-order valence-electron chi connectivity index (χ0n) is 12.6. The van der Waals surface area contributed by atoms with Gasteiger partial charge in [-0.1, -0.05) is 13.8 Å². The number of hydrogen-bond acceptors (Lipinski definition) is 4. The molecule has 0 unspecified atom stereocenters. The molecule has 0 amide bonds. The van der Waals surface area contributed by atoms with Gasteiger partial charge >= 0.3 is 0 Å². The number of nitro groups is 1. The third-order valence-corrected chi connectivity index (χ3v) is 2.92. The van der Waals surface area contributed by atoms with E-state index in [1.807, 2.05) is 0 Å². The van der Waals surface area contributed by atoms with Gasteiger partial charge in [0.15, 0.2) is 5.96 Å². The van der Waals surface area contributed by atoms with E-state index in [4.69, 9.17) is 10.5 Å². The molecule has 116 valence electrons. The van der Waals surface area contributed by atoms with Gasteiger partial charge in [-0.25, -0.2) is 4.99 Å². The zero-order chi connectivity index (χ0) is 15.8. The van der Waals surface area contributed by atoms with Crippen molar-refractivity contribution < 1.29 is 9.66 Å². The summed E-state index contributed by atoms with van der Waals surface area (Å²) in [5.41, 5.74) is 6.39. The van der Waals surface area contributed by atoms with Crippen LogP contribution < -0.4 is 15.8 Å². The van der Waals surface area contributed by atoms with Crippen molar-refractivity contribution in [3.63, 3.8) is 0 Å². The Morgan fingerprint density at radius 1 is 1.52 bits per heavy atom. The van der Waals surface area contributed by atoms with Crippen molar-refractivity contribution in [3.8, 4) is 5.75 Å². The second-order valence-electron chi connectivity index (χ2n) is 5.06. The number of rotatable bonds is 7. The van der Waals surface area contributed by atoms with Crippen molar-refractivity contribution in [1.82, 2.24) is 5.32 Å². The highest BCUT2D eigenvalue weighted by Crippen LogP contribution is 2.24. The number of methoxy groups -OCH3 is 1. The molecule has 7 heteroatoms. The number of nitrogens with two attached hydrogens (primary N) is 1. The summed E-state index contributed by atoms with van der Waals surface area (Å²) in [6.45, 7) is 5.23. The molecule has 0 aliphatic heterocycles. The molecule has 3 N–H and O–H groups in total. The number of nitrogens with zero attached hydrogens (tertiary/aromatic N) is 2. The molecular formula is C14H22N4O3. The molecule has 0 aliphatic rings. The van der Waals surface area contributed by atoms with Crippen LogP contribution in [0.3, 0.4) is 0 Å². The first-order valence-electron chi connectivity index (χ1n) is 6.79. The maximum atomic E-state index is 10.8. The molecule has 1 aromatic rings. The molecule has 1 rings (SSSR count). The van der Waals surface area contributed by atoms with Crippen molar-refractivity contribution in [2.75, 3.05) is 13.7 Å². The van der Waals surface area contributed by atoms with Crippen molar-refractivity contribution in [1.29, 1.82) is 0 Å². The number of hydrogen-bond donors (Lipinski definition) is 2. The van der Waals surface area contributed by atoms with E-state index in [1.165, 1.54) is 19.2 Å². The third kappa shape index (κ3) is 5.68. The fraction of sp³-hybridized carbons (Fsp3) is 0.500. The topological polar surface area (TPSA) is 103 Å². The number of ether oxygens (including phenoxy) is 1. The molecule has 0 fully saturated rings. The van der Waals surface area contributed by atoms with E-state index in [0.717, 1.165) is 13.0 Å². The molecule has 0 aromatic heterocycles. The smallest absolute Gasteiger partial charge is 0.270 e. The van der Waals surface area contributed by atoms with Crippen molar-refractivity contribution in [2.45, 2.75) is 26.8 Å². The molecule has 21 heavy (non-hydrogen) atoms. The van der Waals surface area contributed by atoms with Crippen LogP contribution >= 0.6 is 0 Å². The standard InChI is InChI=1S/C14H22N4O3/c1-10(2)6-7-16-14(15)17-9-11-8-12(18(19)20)4-5-13(11)21-3/h4-5,8,10H,6-7,9H2,1-3H3,(H3,15,16,17). The Hall–Kier alpha value is -2.31. The summed E-state index contributed by atoms with van der Waals surface area (Å²) >= 11 is 0. The summed E-state index contributed by atoms with van der Waals surface area (Å²) in [4.78, 5) is 14.5. The lowest BCUT2D eigenvalue weighted by molar-refractivity contribution is -0.384. The van der Waals surface area contributed by atoms with Gasteiger partial charge in [0.05, 0.1) is 18.6 Å². The van der Waals surface area contributed by atoms with Crippen LogP contribution in [0.2, 0.25) is 0 Å². The van der Waals surface area contributed by atoms with E-state index in [-0.39, 0.29) is 12.2 Å². The van der Waals surface area contributed by atoms with E-state index in [0.29, 0.717) is 23.2 Å². The Kier molecular flexibility index (Phi) is 6.45. The average Bonchev–Trinajstić information content (AvgIpc) is 2.44. The molecule has 7 nitrogen and oxygen atoms in total. The Balaban J connectivity index is 2.72. The van der Waals surface area contributed by atoms with E-state index < -0.39 is 4.92 Å². The van der Waals surface area contributed by atoms with Crippen LogP contribution in [0.25, 0.3) is 0 Å². The van der Waals surface area contributed by atoms with E-state index >= 15 is 0 Å².